The van der Waals surface area contributed by atoms with Crippen LogP contribution in [0.2, 0.25) is 0 Å². The maximum atomic E-state index is 12.1. The van der Waals surface area contributed by atoms with Crippen molar-refractivity contribution in [3.8, 4) is 5.75 Å². The summed E-state index contributed by atoms with van der Waals surface area (Å²) in [7, 11) is 0. The number of rotatable bonds is 9. The Hall–Kier alpha value is -2.04. The molecular formula is C16H23NO4. The zero-order chi connectivity index (χ0) is 15.5. The van der Waals surface area contributed by atoms with E-state index < -0.39 is 0 Å². The van der Waals surface area contributed by atoms with E-state index in [0.29, 0.717) is 25.4 Å². The van der Waals surface area contributed by atoms with E-state index in [4.69, 9.17) is 9.47 Å². The molecule has 0 unspecified atom stereocenters. The second-order valence-corrected chi connectivity index (χ2v) is 4.54. The predicted octanol–water partition coefficient (Wildman–Crippen LogP) is 2.26. The van der Waals surface area contributed by atoms with Gasteiger partial charge in [-0.15, -0.1) is 0 Å². The van der Waals surface area contributed by atoms with Crippen LogP contribution in [0.4, 0.5) is 0 Å². The zero-order valence-corrected chi connectivity index (χ0v) is 12.7. The van der Waals surface area contributed by atoms with Gasteiger partial charge in [-0.2, -0.15) is 0 Å². The first-order chi connectivity index (χ1) is 10.2. The molecule has 1 aromatic rings. The topological polar surface area (TPSA) is 55.8 Å². The first kappa shape index (κ1) is 17.0. The van der Waals surface area contributed by atoms with E-state index in [2.05, 4.69) is 0 Å². The average molecular weight is 293 g/mol. The number of para-hydroxylation sites is 1. The van der Waals surface area contributed by atoms with Gasteiger partial charge >= 0.3 is 5.97 Å². The maximum absolute atomic E-state index is 12.1. The van der Waals surface area contributed by atoms with Gasteiger partial charge in [0.2, 0.25) is 0 Å². The number of hydrogen-bond acceptors (Lipinski definition) is 4. The molecule has 116 valence electrons. The minimum Gasteiger partial charge on any atom is -0.484 e. The summed E-state index contributed by atoms with van der Waals surface area (Å²) in [5, 5.41) is 0. The first-order valence-electron chi connectivity index (χ1n) is 7.28. The van der Waals surface area contributed by atoms with Crippen LogP contribution >= 0.6 is 0 Å². The average Bonchev–Trinajstić information content (AvgIpc) is 2.50. The van der Waals surface area contributed by atoms with Crippen molar-refractivity contribution in [2.24, 2.45) is 0 Å². The van der Waals surface area contributed by atoms with E-state index in [1.807, 2.05) is 25.1 Å². The number of hydrogen-bond donors (Lipinski definition) is 0. The Morgan fingerprint density at radius 2 is 1.81 bits per heavy atom. The van der Waals surface area contributed by atoms with Gasteiger partial charge in [-0.05, 0) is 25.5 Å². The number of ether oxygens (including phenoxy) is 2. The van der Waals surface area contributed by atoms with Gasteiger partial charge in [-0.3, -0.25) is 9.59 Å². The normalized spacial score (nSPS) is 10.0. The summed E-state index contributed by atoms with van der Waals surface area (Å²) >= 11 is 0. The van der Waals surface area contributed by atoms with E-state index >= 15 is 0 Å². The van der Waals surface area contributed by atoms with Crippen LogP contribution in [0, 0.1) is 0 Å². The molecule has 1 amide bonds. The van der Waals surface area contributed by atoms with Crippen molar-refractivity contribution in [3.63, 3.8) is 0 Å². The van der Waals surface area contributed by atoms with Gasteiger partial charge in [0.25, 0.3) is 5.91 Å². The second-order valence-electron chi connectivity index (χ2n) is 4.54. The van der Waals surface area contributed by atoms with Crippen molar-refractivity contribution in [2.75, 3.05) is 26.3 Å². The van der Waals surface area contributed by atoms with E-state index in [1.54, 1.807) is 24.0 Å². The summed E-state index contributed by atoms with van der Waals surface area (Å²) < 4.78 is 10.3. The van der Waals surface area contributed by atoms with E-state index in [-0.39, 0.29) is 24.9 Å². The lowest BCUT2D eigenvalue weighted by atomic mass is 10.3. The molecule has 0 aromatic heterocycles. The summed E-state index contributed by atoms with van der Waals surface area (Å²) in [6.07, 6.45) is 1.05. The lowest BCUT2D eigenvalue weighted by molar-refractivity contribution is -0.144. The Kier molecular flexibility index (Phi) is 7.94. The SMILES string of the molecule is CCCN(CCC(=O)OCC)C(=O)COc1ccccc1. The largest absolute Gasteiger partial charge is 0.484 e. The van der Waals surface area contributed by atoms with Gasteiger partial charge in [0.1, 0.15) is 5.75 Å². The van der Waals surface area contributed by atoms with Crippen LogP contribution < -0.4 is 4.74 Å². The molecule has 0 saturated carbocycles. The number of esters is 1. The Morgan fingerprint density at radius 3 is 2.43 bits per heavy atom. The number of benzene rings is 1. The fourth-order valence-electron chi connectivity index (χ4n) is 1.84. The van der Waals surface area contributed by atoms with Crippen LogP contribution in [-0.2, 0) is 14.3 Å². The maximum Gasteiger partial charge on any atom is 0.307 e. The monoisotopic (exact) mass is 293 g/mol. The predicted molar refractivity (Wildman–Crippen MR) is 80.1 cm³/mol. The third kappa shape index (κ3) is 6.79. The van der Waals surface area contributed by atoms with Crippen molar-refractivity contribution < 1.29 is 19.1 Å². The number of amides is 1. The van der Waals surface area contributed by atoms with Crippen molar-refractivity contribution in [1.29, 1.82) is 0 Å². The lowest BCUT2D eigenvalue weighted by Crippen LogP contribution is -2.37. The molecule has 1 rings (SSSR count). The van der Waals surface area contributed by atoms with Crippen LogP contribution in [-0.4, -0.2) is 43.1 Å². The molecule has 0 aliphatic rings. The highest BCUT2D eigenvalue weighted by Gasteiger charge is 2.15. The van der Waals surface area contributed by atoms with Crippen molar-refractivity contribution >= 4 is 11.9 Å². The minimum atomic E-state index is -0.282. The van der Waals surface area contributed by atoms with Crippen LogP contribution in [0.15, 0.2) is 30.3 Å². The molecular weight excluding hydrogens is 270 g/mol. The van der Waals surface area contributed by atoms with Gasteiger partial charge in [0.05, 0.1) is 13.0 Å². The van der Waals surface area contributed by atoms with Crippen molar-refractivity contribution in [3.05, 3.63) is 30.3 Å². The lowest BCUT2D eigenvalue weighted by Gasteiger charge is -2.21. The Labute approximate surface area is 125 Å². The fourth-order valence-corrected chi connectivity index (χ4v) is 1.84. The number of nitrogens with zero attached hydrogens (tertiary/aromatic N) is 1. The zero-order valence-electron chi connectivity index (χ0n) is 12.7. The number of carbonyl (C=O) groups is 2. The van der Waals surface area contributed by atoms with E-state index in [1.165, 1.54) is 0 Å². The molecule has 5 heteroatoms. The highest BCUT2D eigenvalue weighted by atomic mass is 16.5. The molecule has 0 heterocycles. The molecule has 1 aromatic carbocycles. The highest BCUT2D eigenvalue weighted by Crippen LogP contribution is 2.08. The summed E-state index contributed by atoms with van der Waals surface area (Å²) in [5.74, 6) is 0.257. The molecule has 5 nitrogen and oxygen atoms in total. The molecule has 0 spiro atoms. The van der Waals surface area contributed by atoms with Gasteiger partial charge < -0.3 is 14.4 Å². The smallest absolute Gasteiger partial charge is 0.307 e. The molecule has 0 saturated heterocycles. The number of carbonyl (C=O) groups excluding carboxylic acids is 2. The summed E-state index contributed by atoms with van der Waals surface area (Å²) in [6.45, 7) is 5.06. The summed E-state index contributed by atoms with van der Waals surface area (Å²) in [5.41, 5.74) is 0. The molecule has 0 N–H and O–H groups in total. The summed E-state index contributed by atoms with van der Waals surface area (Å²) in [6, 6.07) is 9.19. The Morgan fingerprint density at radius 1 is 1.10 bits per heavy atom. The van der Waals surface area contributed by atoms with Gasteiger partial charge in [0, 0.05) is 13.1 Å². The summed E-state index contributed by atoms with van der Waals surface area (Å²) in [4.78, 5) is 25.1. The van der Waals surface area contributed by atoms with Crippen LogP contribution in [0.25, 0.3) is 0 Å². The molecule has 0 radical (unpaired) electrons. The fraction of sp³-hybridized carbons (Fsp3) is 0.500. The third-order valence-corrected chi connectivity index (χ3v) is 2.84. The Balaban J connectivity index is 2.43. The molecule has 0 aliphatic carbocycles. The van der Waals surface area contributed by atoms with Crippen molar-refractivity contribution in [2.45, 2.75) is 26.7 Å². The van der Waals surface area contributed by atoms with Crippen LogP contribution in [0.1, 0.15) is 26.7 Å². The molecule has 21 heavy (non-hydrogen) atoms. The molecule has 0 fully saturated rings. The van der Waals surface area contributed by atoms with Gasteiger partial charge in [-0.1, -0.05) is 25.1 Å². The van der Waals surface area contributed by atoms with E-state index in [9.17, 15) is 9.59 Å². The first-order valence-corrected chi connectivity index (χ1v) is 7.28. The highest BCUT2D eigenvalue weighted by molar-refractivity contribution is 5.78. The standard InChI is InChI=1S/C16H23NO4/c1-3-11-17(12-10-16(19)20-4-2)15(18)13-21-14-8-6-5-7-9-14/h5-9H,3-4,10-13H2,1-2H3. The second kappa shape index (κ2) is 9.80. The quantitative estimate of drug-likeness (QED) is 0.655. The minimum absolute atomic E-state index is 0.0210. The van der Waals surface area contributed by atoms with E-state index in [0.717, 1.165) is 6.42 Å². The Bertz CT molecular complexity index is 433. The molecule has 0 bridgehead atoms. The van der Waals surface area contributed by atoms with Crippen molar-refractivity contribution in [1.82, 2.24) is 4.90 Å². The third-order valence-electron chi connectivity index (χ3n) is 2.84. The molecule has 0 aliphatic heterocycles. The van der Waals surface area contributed by atoms with Crippen LogP contribution in [0.3, 0.4) is 0 Å². The van der Waals surface area contributed by atoms with Gasteiger partial charge in [-0.25, -0.2) is 0 Å². The van der Waals surface area contributed by atoms with Crippen LogP contribution in [0.5, 0.6) is 5.75 Å². The van der Waals surface area contributed by atoms with Gasteiger partial charge in [0.15, 0.2) is 6.61 Å². The molecule has 0 atom stereocenters.